The first-order chi connectivity index (χ1) is 9.90. The van der Waals surface area contributed by atoms with Gasteiger partial charge in [-0.15, -0.1) is 0 Å². The topological polar surface area (TPSA) is 49.4 Å². The van der Waals surface area contributed by atoms with E-state index in [2.05, 4.69) is 5.32 Å². The highest BCUT2D eigenvalue weighted by Crippen LogP contribution is 2.41. The molecule has 1 fully saturated rings. The van der Waals surface area contributed by atoms with Gasteiger partial charge in [0.15, 0.2) is 0 Å². The molecule has 1 aliphatic heterocycles. The van der Waals surface area contributed by atoms with Gasteiger partial charge in [-0.3, -0.25) is 14.5 Å². The summed E-state index contributed by atoms with van der Waals surface area (Å²) in [7, 11) is 0. The minimum absolute atomic E-state index is 0.0805. The second-order valence-corrected chi connectivity index (χ2v) is 6.23. The molecule has 1 unspecified atom stereocenters. The number of rotatable bonds is 5. The summed E-state index contributed by atoms with van der Waals surface area (Å²) in [4.78, 5) is 26.4. The normalized spacial score (nSPS) is 22.4. The highest BCUT2D eigenvalue weighted by molar-refractivity contribution is 6.22. The van der Waals surface area contributed by atoms with Gasteiger partial charge in [0.25, 0.3) is 0 Å². The Morgan fingerprint density at radius 3 is 2.62 bits per heavy atom. The lowest BCUT2D eigenvalue weighted by atomic mass is 9.78. The molecule has 1 aliphatic rings. The summed E-state index contributed by atoms with van der Waals surface area (Å²) in [6.45, 7) is 9.55. The van der Waals surface area contributed by atoms with Crippen LogP contribution in [-0.4, -0.2) is 18.4 Å². The molecule has 0 saturated carbocycles. The van der Waals surface area contributed by atoms with Crippen molar-refractivity contribution >= 4 is 17.5 Å². The highest BCUT2D eigenvalue weighted by atomic mass is 16.2. The summed E-state index contributed by atoms with van der Waals surface area (Å²) >= 11 is 0. The summed E-state index contributed by atoms with van der Waals surface area (Å²) in [6.07, 6.45) is 0.293. The third kappa shape index (κ3) is 2.86. The minimum atomic E-state index is -0.589. The fraction of sp³-hybridized carbons (Fsp3) is 0.529. The van der Waals surface area contributed by atoms with E-state index in [4.69, 9.17) is 0 Å². The number of hydrogen-bond donors (Lipinski definition) is 1. The second-order valence-electron chi connectivity index (χ2n) is 6.23. The lowest BCUT2D eigenvalue weighted by molar-refractivity contribution is -0.126. The summed E-state index contributed by atoms with van der Waals surface area (Å²) in [5.41, 5.74) is 1.17. The molecule has 1 atom stereocenters. The van der Waals surface area contributed by atoms with Gasteiger partial charge >= 0.3 is 0 Å². The summed E-state index contributed by atoms with van der Waals surface area (Å²) in [6, 6.07) is 7.65. The third-order valence-corrected chi connectivity index (χ3v) is 4.48. The molecular formula is C17H24N2O2. The zero-order valence-electron chi connectivity index (χ0n) is 13.3. The van der Waals surface area contributed by atoms with Crippen molar-refractivity contribution in [3.05, 3.63) is 29.8 Å². The number of amides is 2. The molecule has 1 N–H and O–H groups in total. The van der Waals surface area contributed by atoms with E-state index in [1.165, 1.54) is 4.90 Å². The highest BCUT2D eigenvalue weighted by Gasteiger charge is 2.50. The monoisotopic (exact) mass is 288 g/mol. The van der Waals surface area contributed by atoms with E-state index >= 15 is 0 Å². The van der Waals surface area contributed by atoms with Crippen LogP contribution < -0.4 is 10.2 Å². The fourth-order valence-electron chi connectivity index (χ4n) is 2.62. The Bertz CT molecular complexity index is 553. The molecule has 0 bridgehead atoms. The van der Waals surface area contributed by atoms with E-state index in [1.54, 1.807) is 0 Å². The van der Waals surface area contributed by atoms with Gasteiger partial charge in [0, 0.05) is 13.0 Å². The number of imide groups is 1. The van der Waals surface area contributed by atoms with E-state index < -0.39 is 5.41 Å². The number of carbonyl (C=O) groups is 2. The Balaban J connectivity index is 2.30. The number of nitrogens with zero attached hydrogens (tertiary/aromatic N) is 1. The number of carbonyl (C=O) groups excluding carboxylic acids is 2. The average Bonchev–Trinajstić information content (AvgIpc) is 2.68. The van der Waals surface area contributed by atoms with Crippen molar-refractivity contribution in [3.8, 4) is 0 Å². The predicted octanol–water partition coefficient (Wildman–Crippen LogP) is 2.72. The van der Waals surface area contributed by atoms with Crippen LogP contribution >= 0.6 is 0 Å². The maximum absolute atomic E-state index is 12.7. The van der Waals surface area contributed by atoms with E-state index in [0.717, 1.165) is 18.7 Å². The van der Waals surface area contributed by atoms with E-state index in [-0.39, 0.29) is 17.7 Å². The van der Waals surface area contributed by atoms with Crippen LogP contribution in [-0.2, 0) is 16.1 Å². The zero-order valence-corrected chi connectivity index (χ0v) is 13.3. The number of benzene rings is 1. The lowest BCUT2D eigenvalue weighted by Gasteiger charge is -2.26. The minimum Gasteiger partial charge on any atom is -0.313 e. The van der Waals surface area contributed by atoms with Crippen LogP contribution in [0.5, 0.6) is 0 Å². The van der Waals surface area contributed by atoms with Gasteiger partial charge in [-0.25, -0.2) is 0 Å². The average molecular weight is 288 g/mol. The molecule has 114 valence electrons. The van der Waals surface area contributed by atoms with Crippen molar-refractivity contribution in [3.63, 3.8) is 0 Å². The maximum atomic E-state index is 12.7. The first-order valence-electron chi connectivity index (χ1n) is 7.57. The lowest BCUT2D eigenvalue weighted by Crippen LogP contribution is -2.37. The van der Waals surface area contributed by atoms with Crippen LogP contribution in [0.3, 0.4) is 0 Å². The standard InChI is InChI=1S/C17H24N2O2/c1-5-18-11-13-7-6-8-14(9-13)19-15(20)10-17(4,12(2)3)16(19)21/h6-9,12,18H,5,10-11H2,1-4H3. The molecule has 0 radical (unpaired) electrons. The van der Waals surface area contributed by atoms with Crippen molar-refractivity contribution < 1.29 is 9.59 Å². The Labute approximate surface area is 126 Å². The van der Waals surface area contributed by atoms with Crippen molar-refractivity contribution in [1.29, 1.82) is 0 Å². The molecule has 0 aromatic heterocycles. The molecule has 1 aromatic rings. The van der Waals surface area contributed by atoms with Crippen molar-refractivity contribution in [2.45, 2.75) is 40.7 Å². The molecule has 1 heterocycles. The maximum Gasteiger partial charge on any atom is 0.240 e. The number of nitrogens with one attached hydrogen (secondary N) is 1. The van der Waals surface area contributed by atoms with Crippen LogP contribution in [0.4, 0.5) is 5.69 Å². The van der Waals surface area contributed by atoms with Crippen LogP contribution in [0.2, 0.25) is 0 Å². The van der Waals surface area contributed by atoms with Crippen molar-refractivity contribution in [2.24, 2.45) is 11.3 Å². The summed E-state index contributed by atoms with van der Waals surface area (Å²) < 4.78 is 0. The quantitative estimate of drug-likeness (QED) is 0.848. The Kier molecular flexibility index (Phi) is 4.47. The van der Waals surface area contributed by atoms with Crippen LogP contribution in [0.25, 0.3) is 0 Å². The van der Waals surface area contributed by atoms with Gasteiger partial charge in [-0.1, -0.05) is 32.9 Å². The molecule has 0 aliphatic carbocycles. The second kappa shape index (κ2) is 5.98. The van der Waals surface area contributed by atoms with Gasteiger partial charge in [0.05, 0.1) is 11.1 Å². The van der Waals surface area contributed by atoms with Gasteiger partial charge < -0.3 is 5.32 Å². The first-order valence-corrected chi connectivity index (χ1v) is 7.57. The number of anilines is 1. The Morgan fingerprint density at radius 2 is 2.05 bits per heavy atom. The molecule has 2 rings (SSSR count). The zero-order chi connectivity index (χ0) is 15.6. The van der Waals surface area contributed by atoms with Crippen LogP contribution in [0.15, 0.2) is 24.3 Å². The smallest absolute Gasteiger partial charge is 0.240 e. The fourth-order valence-corrected chi connectivity index (χ4v) is 2.62. The van der Waals surface area contributed by atoms with Crippen LogP contribution in [0, 0.1) is 11.3 Å². The Morgan fingerprint density at radius 1 is 1.33 bits per heavy atom. The van der Waals surface area contributed by atoms with Gasteiger partial charge in [0.2, 0.25) is 11.8 Å². The molecule has 1 aromatic carbocycles. The van der Waals surface area contributed by atoms with Crippen LogP contribution in [0.1, 0.15) is 39.7 Å². The molecule has 2 amide bonds. The number of hydrogen-bond acceptors (Lipinski definition) is 3. The molecule has 4 nitrogen and oxygen atoms in total. The van der Waals surface area contributed by atoms with Crippen molar-refractivity contribution in [1.82, 2.24) is 5.32 Å². The van der Waals surface area contributed by atoms with E-state index in [9.17, 15) is 9.59 Å². The van der Waals surface area contributed by atoms with Gasteiger partial charge in [-0.05, 0) is 37.1 Å². The summed E-state index contributed by atoms with van der Waals surface area (Å²) in [5.74, 6) is -0.0382. The molecular weight excluding hydrogens is 264 g/mol. The van der Waals surface area contributed by atoms with Gasteiger partial charge in [-0.2, -0.15) is 0 Å². The molecule has 0 spiro atoms. The Hall–Kier alpha value is -1.68. The molecule has 4 heteroatoms. The molecule has 1 saturated heterocycles. The first kappa shape index (κ1) is 15.7. The summed E-state index contributed by atoms with van der Waals surface area (Å²) in [5, 5.41) is 3.25. The predicted molar refractivity (Wildman–Crippen MR) is 83.9 cm³/mol. The third-order valence-electron chi connectivity index (χ3n) is 4.48. The van der Waals surface area contributed by atoms with Crippen molar-refractivity contribution in [2.75, 3.05) is 11.4 Å². The van der Waals surface area contributed by atoms with E-state index in [1.807, 2.05) is 52.0 Å². The molecule has 21 heavy (non-hydrogen) atoms. The van der Waals surface area contributed by atoms with Gasteiger partial charge in [0.1, 0.15) is 0 Å². The van der Waals surface area contributed by atoms with E-state index in [0.29, 0.717) is 12.1 Å². The SMILES string of the molecule is CCNCc1cccc(N2C(=O)CC(C)(C(C)C)C2=O)c1. The largest absolute Gasteiger partial charge is 0.313 e.